The normalized spacial score (nSPS) is 23.4. The van der Waals surface area contributed by atoms with E-state index in [2.05, 4.69) is 39.8 Å². The van der Waals surface area contributed by atoms with Gasteiger partial charge in [0.1, 0.15) is 28.2 Å². The molecule has 2 unspecified atom stereocenters. The average molecular weight is 661 g/mol. The zero-order valence-electron chi connectivity index (χ0n) is 26.8. The van der Waals surface area contributed by atoms with Gasteiger partial charge in [-0.1, -0.05) is 0 Å². The molecule has 4 aliphatic rings. The predicted octanol–water partition coefficient (Wildman–Crippen LogP) is 4.45. The van der Waals surface area contributed by atoms with Crippen molar-refractivity contribution < 1.29 is 18.6 Å². The number of nitrogens with zero attached hydrogens (tertiary/aromatic N) is 7. The molecular formula is C34H38F2N8O2S. The Bertz CT molecular complexity index is 1940. The summed E-state index contributed by atoms with van der Waals surface area (Å²) in [5.74, 6) is -0.111. The number of rotatable bonds is 6. The number of nitriles is 1. The number of aliphatic hydroxyl groups excluding tert-OH is 1. The minimum Gasteiger partial charge on any atom is -0.392 e. The zero-order chi connectivity index (χ0) is 32.7. The predicted molar refractivity (Wildman–Crippen MR) is 180 cm³/mol. The summed E-state index contributed by atoms with van der Waals surface area (Å²) < 4.78 is 40.1. The van der Waals surface area contributed by atoms with E-state index in [1.165, 1.54) is 17.4 Å². The van der Waals surface area contributed by atoms with Crippen LogP contribution in [0, 0.1) is 23.0 Å². The molecule has 47 heavy (non-hydrogen) atoms. The molecule has 246 valence electrons. The number of thiophene rings is 1. The molecule has 0 aliphatic carbocycles. The maximum atomic E-state index is 17.5. The lowest BCUT2D eigenvalue weighted by atomic mass is 9.90. The second-order valence-electron chi connectivity index (χ2n) is 13.7. The van der Waals surface area contributed by atoms with E-state index in [1.807, 2.05) is 6.92 Å². The summed E-state index contributed by atoms with van der Waals surface area (Å²) in [4.78, 5) is 19.2. The molecule has 2 bridgehead atoms. The third-order valence-corrected chi connectivity index (χ3v) is 11.4. The van der Waals surface area contributed by atoms with Gasteiger partial charge in [0.25, 0.3) is 0 Å². The molecule has 6 heterocycles. The van der Waals surface area contributed by atoms with E-state index in [9.17, 15) is 10.4 Å². The van der Waals surface area contributed by atoms with E-state index >= 15 is 8.78 Å². The van der Waals surface area contributed by atoms with E-state index in [-0.39, 0.29) is 52.5 Å². The van der Waals surface area contributed by atoms with Gasteiger partial charge < -0.3 is 30.3 Å². The highest BCUT2D eigenvalue weighted by Crippen LogP contribution is 2.49. The van der Waals surface area contributed by atoms with Crippen LogP contribution in [0.4, 0.5) is 25.5 Å². The number of nitrogen functional groups attached to an aromatic ring is 1. The highest BCUT2D eigenvalue weighted by Gasteiger charge is 2.43. The van der Waals surface area contributed by atoms with Crippen molar-refractivity contribution in [2.24, 2.45) is 0 Å². The molecular weight excluding hydrogens is 622 g/mol. The van der Waals surface area contributed by atoms with Crippen LogP contribution in [0.2, 0.25) is 0 Å². The Morgan fingerprint density at radius 2 is 1.83 bits per heavy atom. The van der Waals surface area contributed by atoms with Crippen molar-refractivity contribution in [2.45, 2.75) is 63.6 Å². The van der Waals surface area contributed by atoms with Gasteiger partial charge in [-0.3, -0.25) is 4.90 Å². The fourth-order valence-corrected chi connectivity index (χ4v) is 9.26. The number of anilines is 3. The van der Waals surface area contributed by atoms with Crippen LogP contribution in [0.3, 0.4) is 0 Å². The van der Waals surface area contributed by atoms with Crippen LogP contribution in [0.1, 0.15) is 42.9 Å². The fraction of sp³-hybridized carbons (Fsp3) is 0.500. The Labute approximate surface area is 275 Å². The molecule has 3 N–H and O–H groups in total. The number of nitrogens with two attached hydrogens (primary N) is 1. The lowest BCUT2D eigenvalue weighted by molar-refractivity contribution is 0.111. The quantitative estimate of drug-likeness (QED) is 0.307. The van der Waals surface area contributed by atoms with Crippen molar-refractivity contribution >= 4 is 49.1 Å². The summed E-state index contributed by atoms with van der Waals surface area (Å²) in [5.41, 5.74) is 7.90. The number of ether oxygens (including phenoxy) is 1. The Kier molecular flexibility index (Phi) is 7.49. The van der Waals surface area contributed by atoms with Gasteiger partial charge in [-0.25, -0.2) is 13.8 Å². The van der Waals surface area contributed by atoms with Crippen molar-refractivity contribution in [1.82, 2.24) is 19.8 Å². The van der Waals surface area contributed by atoms with Crippen LogP contribution in [0.25, 0.3) is 32.1 Å². The average Bonchev–Trinajstić information content (AvgIpc) is 3.82. The minimum atomic E-state index is -0.641. The molecule has 0 spiro atoms. The molecule has 0 amide bonds. The van der Waals surface area contributed by atoms with Gasteiger partial charge in [0, 0.05) is 72.1 Å². The van der Waals surface area contributed by atoms with E-state index < -0.39 is 17.7 Å². The maximum absolute atomic E-state index is 17.5. The molecule has 3 fully saturated rings. The van der Waals surface area contributed by atoms with Gasteiger partial charge in [0.05, 0.1) is 30.3 Å². The highest BCUT2D eigenvalue weighted by atomic mass is 32.1. The van der Waals surface area contributed by atoms with Gasteiger partial charge in [0.2, 0.25) is 5.95 Å². The monoisotopic (exact) mass is 660 g/mol. The third-order valence-electron chi connectivity index (χ3n) is 10.5. The zero-order valence-corrected chi connectivity index (χ0v) is 27.6. The Hall–Kier alpha value is -3.67. The minimum absolute atomic E-state index is 0.0236. The van der Waals surface area contributed by atoms with Crippen LogP contribution < -0.4 is 15.5 Å². The summed E-state index contributed by atoms with van der Waals surface area (Å²) in [6.45, 7) is 5.73. The molecule has 4 aromatic rings. The van der Waals surface area contributed by atoms with Crippen LogP contribution in [-0.2, 0) is 18.0 Å². The summed E-state index contributed by atoms with van der Waals surface area (Å²) in [6, 6.07) is 5.63. The van der Waals surface area contributed by atoms with Gasteiger partial charge >= 0.3 is 0 Å². The van der Waals surface area contributed by atoms with Gasteiger partial charge in [-0.05, 0) is 63.5 Å². The number of piperazine rings is 1. The van der Waals surface area contributed by atoms with Gasteiger partial charge in [-0.15, -0.1) is 11.3 Å². The number of hydrogen-bond donors (Lipinski definition) is 2. The first-order valence-corrected chi connectivity index (χ1v) is 17.1. The van der Waals surface area contributed by atoms with Gasteiger partial charge in [0.15, 0.2) is 5.82 Å². The lowest BCUT2D eigenvalue weighted by Crippen LogP contribution is -2.55. The van der Waals surface area contributed by atoms with Crippen LogP contribution in [-0.4, -0.2) is 95.9 Å². The number of β-amino-alcohol motifs (C(OH)–C–C–N with tert-alkyl or cyclic N) is 1. The van der Waals surface area contributed by atoms with Crippen molar-refractivity contribution in [1.29, 1.82) is 5.26 Å². The second-order valence-corrected chi connectivity index (χ2v) is 14.8. The molecule has 13 heteroatoms. The molecule has 0 radical (unpaired) electrons. The number of benzene rings is 2. The van der Waals surface area contributed by atoms with Crippen LogP contribution in [0.5, 0.6) is 0 Å². The number of fused-ring (bicyclic) bond motifs is 6. The molecule has 3 saturated heterocycles. The molecule has 2 aromatic carbocycles. The number of aromatic nitrogens is 2. The first kappa shape index (κ1) is 30.7. The Morgan fingerprint density at radius 1 is 1.09 bits per heavy atom. The first-order valence-electron chi connectivity index (χ1n) is 16.3. The SMILES string of the molecule is C[C@@H](O)CN1CC2CCC(C1)N2c1nc(N2CC[C@H](N(C)C)C2)nc2c(F)c(-c3c(F)ccc4sc(N)c(C#N)c34)c3c(c12)COC3. The smallest absolute Gasteiger partial charge is 0.228 e. The summed E-state index contributed by atoms with van der Waals surface area (Å²) in [6.07, 6.45) is 2.45. The van der Waals surface area contributed by atoms with Crippen LogP contribution >= 0.6 is 11.3 Å². The van der Waals surface area contributed by atoms with Crippen molar-refractivity contribution in [3.63, 3.8) is 0 Å². The van der Waals surface area contributed by atoms with Crippen molar-refractivity contribution in [3.8, 4) is 17.2 Å². The van der Waals surface area contributed by atoms with Crippen LogP contribution in [0.15, 0.2) is 12.1 Å². The largest absolute Gasteiger partial charge is 0.392 e. The number of aliphatic hydroxyl groups is 1. The number of hydrogen-bond acceptors (Lipinski definition) is 11. The van der Waals surface area contributed by atoms with Crippen molar-refractivity contribution in [3.05, 3.63) is 40.5 Å². The molecule has 4 atom stereocenters. The summed E-state index contributed by atoms with van der Waals surface area (Å²) >= 11 is 1.19. The number of likely N-dealkylation sites (N-methyl/N-ethyl adjacent to an activating group) is 1. The number of likely N-dealkylation sites (tertiary alicyclic amines) is 1. The summed E-state index contributed by atoms with van der Waals surface area (Å²) in [5, 5.41) is 21.3. The first-order chi connectivity index (χ1) is 22.6. The maximum Gasteiger partial charge on any atom is 0.228 e. The molecule has 0 saturated carbocycles. The molecule has 10 nitrogen and oxygen atoms in total. The van der Waals surface area contributed by atoms with Gasteiger partial charge in [-0.2, -0.15) is 10.2 Å². The number of halogens is 2. The molecule has 2 aromatic heterocycles. The third kappa shape index (κ3) is 4.84. The fourth-order valence-electron chi connectivity index (χ4n) is 8.33. The van der Waals surface area contributed by atoms with Crippen molar-refractivity contribution in [2.75, 3.05) is 62.4 Å². The molecule has 8 rings (SSSR count). The Balaban J connectivity index is 1.38. The Morgan fingerprint density at radius 3 is 2.51 bits per heavy atom. The van der Waals surface area contributed by atoms with E-state index in [0.717, 1.165) is 44.5 Å². The molecule has 4 aliphatic heterocycles. The highest BCUT2D eigenvalue weighted by molar-refractivity contribution is 7.23. The van der Waals surface area contributed by atoms with E-state index in [0.29, 0.717) is 51.9 Å². The lowest BCUT2D eigenvalue weighted by Gasteiger charge is -2.42. The topological polar surface area (TPSA) is 118 Å². The second kappa shape index (κ2) is 11.5. The summed E-state index contributed by atoms with van der Waals surface area (Å²) in [7, 11) is 4.12. The van der Waals surface area contributed by atoms with E-state index in [4.69, 9.17) is 20.4 Å². The standard InChI is InChI=1S/C34H38F2N8O2S/c1-17(45)11-42-12-19-4-5-20(13-42)44(19)33-28-23-16-46-15-22(23)27(29-24(35)6-7-25-26(29)21(10-37)32(38)47-25)30(36)31(28)39-34(40-33)43-9-8-18(14-43)41(2)3/h6-7,17-20,45H,4-5,8-9,11-16,38H2,1-3H3/t17-,18+,19?,20?/m1/s1. The van der Waals surface area contributed by atoms with E-state index in [1.54, 1.807) is 6.07 Å².